The van der Waals surface area contributed by atoms with Crippen molar-refractivity contribution in [3.63, 3.8) is 0 Å². The first-order chi connectivity index (χ1) is 10.7. The third kappa shape index (κ3) is 2.62. The van der Waals surface area contributed by atoms with Crippen molar-refractivity contribution in [1.82, 2.24) is 15.2 Å². The summed E-state index contributed by atoms with van der Waals surface area (Å²) in [5, 5.41) is 12.3. The molecule has 0 spiro atoms. The lowest BCUT2D eigenvalue weighted by Crippen LogP contribution is -2.20. The van der Waals surface area contributed by atoms with Crippen LogP contribution in [0.15, 0.2) is 36.7 Å². The van der Waals surface area contributed by atoms with Crippen molar-refractivity contribution < 1.29 is 14.3 Å². The normalized spacial score (nSPS) is 10.4. The molecule has 4 N–H and O–H groups in total. The summed E-state index contributed by atoms with van der Waals surface area (Å²) in [4.78, 5) is 26.8. The van der Waals surface area contributed by atoms with Gasteiger partial charge in [0.05, 0.1) is 18.9 Å². The molecule has 0 radical (unpaired) electrons. The Morgan fingerprint density at radius 2 is 2.09 bits per heavy atom. The molecule has 0 saturated heterocycles. The Morgan fingerprint density at radius 1 is 1.23 bits per heavy atom. The molecule has 2 aromatic heterocycles. The highest BCUT2D eigenvalue weighted by Crippen LogP contribution is 2.24. The molecule has 0 aliphatic heterocycles. The highest BCUT2D eigenvalue weighted by molar-refractivity contribution is 6.07. The van der Waals surface area contributed by atoms with Gasteiger partial charge < -0.3 is 15.0 Å². The van der Waals surface area contributed by atoms with Gasteiger partial charge in [-0.1, -0.05) is 0 Å². The van der Waals surface area contributed by atoms with Crippen LogP contribution in [0.3, 0.4) is 0 Å². The molecule has 1 aromatic carbocycles. The fraction of sp³-hybridized carbons (Fsp3) is 0.0714. The van der Waals surface area contributed by atoms with Crippen LogP contribution < -0.4 is 10.6 Å². The van der Waals surface area contributed by atoms with Gasteiger partial charge >= 0.3 is 12.0 Å². The third-order valence-corrected chi connectivity index (χ3v) is 3.08. The van der Waals surface area contributed by atoms with E-state index in [0.29, 0.717) is 17.1 Å². The van der Waals surface area contributed by atoms with E-state index < -0.39 is 12.0 Å². The van der Waals surface area contributed by atoms with Crippen molar-refractivity contribution in [3.8, 4) is 0 Å². The summed E-state index contributed by atoms with van der Waals surface area (Å²) in [6, 6.07) is 6.23. The van der Waals surface area contributed by atoms with Gasteiger partial charge in [0.25, 0.3) is 0 Å². The second-order valence-electron chi connectivity index (χ2n) is 4.50. The molecule has 112 valence electrons. The molecule has 0 saturated carbocycles. The first-order valence-electron chi connectivity index (χ1n) is 6.44. The zero-order chi connectivity index (χ0) is 15.5. The Morgan fingerprint density at radius 3 is 2.82 bits per heavy atom. The van der Waals surface area contributed by atoms with Gasteiger partial charge in [-0.05, 0) is 18.2 Å². The lowest BCUT2D eigenvalue weighted by Gasteiger charge is -2.08. The van der Waals surface area contributed by atoms with E-state index in [1.807, 2.05) is 0 Å². The molecule has 8 heteroatoms. The highest BCUT2D eigenvalue weighted by Gasteiger charge is 2.14. The molecular weight excluding hydrogens is 286 g/mol. The van der Waals surface area contributed by atoms with Crippen molar-refractivity contribution in [2.75, 3.05) is 17.7 Å². The minimum atomic E-state index is -0.470. The molecule has 0 atom stereocenters. The number of hydrogen-bond donors (Lipinski definition) is 4. The molecule has 8 nitrogen and oxygen atoms in total. The Bertz CT molecular complexity index is 822. The SMILES string of the molecule is COC(=O)c1cc(NC(=O)Nc2ccn[nH]2)cc2[nH]ccc12. The molecule has 2 heterocycles. The summed E-state index contributed by atoms with van der Waals surface area (Å²) in [5.41, 5.74) is 1.56. The van der Waals surface area contributed by atoms with E-state index in [-0.39, 0.29) is 0 Å². The predicted molar refractivity (Wildman–Crippen MR) is 80.9 cm³/mol. The van der Waals surface area contributed by atoms with E-state index >= 15 is 0 Å². The minimum Gasteiger partial charge on any atom is -0.465 e. The maximum Gasteiger partial charge on any atom is 0.338 e. The van der Waals surface area contributed by atoms with E-state index in [9.17, 15) is 9.59 Å². The number of nitrogens with zero attached hydrogens (tertiary/aromatic N) is 1. The standard InChI is InChI=1S/C14H13N5O3/c1-22-13(20)10-6-8(7-11-9(10)2-4-15-11)17-14(21)18-12-3-5-16-19-12/h2-7,15H,1H3,(H3,16,17,18,19,21). The molecule has 22 heavy (non-hydrogen) atoms. The summed E-state index contributed by atoms with van der Waals surface area (Å²) in [6.45, 7) is 0. The number of hydrogen-bond acceptors (Lipinski definition) is 4. The van der Waals surface area contributed by atoms with Crippen LogP contribution in [0, 0.1) is 0 Å². The smallest absolute Gasteiger partial charge is 0.338 e. The summed E-state index contributed by atoms with van der Waals surface area (Å²) >= 11 is 0. The number of aromatic nitrogens is 3. The Kier molecular flexibility index (Phi) is 3.48. The number of esters is 1. The summed E-state index contributed by atoms with van der Waals surface area (Å²) in [5.74, 6) is -0.00568. The van der Waals surface area contributed by atoms with Gasteiger partial charge in [-0.15, -0.1) is 0 Å². The third-order valence-electron chi connectivity index (χ3n) is 3.08. The number of aromatic amines is 2. The zero-order valence-electron chi connectivity index (χ0n) is 11.6. The van der Waals surface area contributed by atoms with E-state index in [0.717, 1.165) is 10.9 Å². The second kappa shape index (κ2) is 5.60. The topological polar surface area (TPSA) is 112 Å². The van der Waals surface area contributed by atoms with Gasteiger partial charge in [0.2, 0.25) is 0 Å². The molecular formula is C14H13N5O3. The van der Waals surface area contributed by atoms with Crippen molar-refractivity contribution >= 4 is 34.4 Å². The maximum atomic E-state index is 11.9. The van der Waals surface area contributed by atoms with Crippen molar-refractivity contribution in [2.24, 2.45) is 0 Å². The van der Waals surface area contributed by atoms with Gasteiger partial charge in [0, 0.05) is 28.9 Å². The number of urea groups is 1. The molecule has 3 aromatic rings. The number of methoxy groups -OCH3 is 1. The van der Waals surface area contributed by atoms with Crippen LogP contribution in [0.4, 0.5) is 16.3 Å². The van der Waals surface area contributed by atoms with Crippen molar-refractivity contribution in [3.05, 3.63) is 42.2 Å². The number of ether oxygens (including phenoxy) is 1. The van der Waals surface area contributed by atoms with Gasteiger partial charge in [-0.25, -0.2) is 9.59 Å². The van der Waals surface area contributed by atoms with Crippen LogP contribution in [-0.4, -0.2) is 34.3 Å². The van der Waals surface area contributed by atoms with Crippen LogP contribution >= 0.6 is 0 Å². The number of carbonyl (C=O) groups excluding carboxylic acids is 2. The van der Waals surface area contributed by atoms with E-state index in [2.05, 4.69) is 25.8 Å². The number of benzene rings is 1. The number of rotatable bonds is 3. The van der Waals surface area contributed by atoms with Crippen LogP contribution in [0.2, 0.25) is 0 Å². The molecule has 3 rings (SSSR count). The zero-order valence-corrected chi connectivity index (χ0v) is 11.6. The Hall–Kier alpha value is -3.29. The maximum absolute atomic E-state index is 11.9. The lowest BCUT2D eigenvalue weighted by molar-refractivity contribution is 0.0603. The minimum absolute atomic E-state index is 0.373. The average Bonchev–Trinajstić information content (AvgIpc) is 3.16. The monoisotopic (exact) mass is 299 g/mol. The summed E-state index contributed by atoms with van der Waals surface area (Å²) < 4.78 is 4.76. The molecule has 0 unspecified atom stereocenters. The van der Waals surface area contributed by atoms with E-state index in [1.165, 1.54) is 13.3 Å². The first kappa shape index (κ1) is 13.7. The number of fused-ring (bicyclic) bond motifs is 1. The number of amides is 2. The molecule has 0 aliphatic carbocycles. The van der Waals surface area contributed by atoms with Crippen molar-refractivity contribution in [2.45, 2.75) is 0 Å². The quantitative estimate of drug-likeness (QED) is 0.556. The van der Waals surface area contributed by atoms with Gasteiger partial charge in [0.1, 0.15) is 5.82 Å². The van der Waals surface area contributed by atoms with E-state index in [4.69, 9.17) is 4.74 Å². The van der Waals surface area contributed by atoms with Crippen LogP contribution in [0.25, 0.3) is 10.9 Å². The van der Waals surface area contributed by atoms with Gasteiger partial charge in [-0.2, -0.15) is 5.10 Å². The van der Waals surface area contributed by atoms with E-state index in [1.54, 1.807) is 30.5 Å². The van der Waals surface area contributed by atoms with Crippen LogP contribution in [0.1, 0.15) is 10.4 Å². The lowest BCUT2D eigenvalue weighted by atomic mass is 10.1. The number of nitrogens with one attached hydrogen (secondary N) is 4. The summed E-state index contributed by atoms with van der Waals surface area (Å²) in [7, 11) is 1.31. The predicted octanol–water partition coefficient (Wildman–Crippen LogP) is 2.32. The fourth-order valence-corrected chi connectivity index (χ4v) is 2.13. The van der Waals surface area contributed by atoms with Crippen LogP contribution in [-0.2, 0) is 4.74 Å². The van der Waals surface area contributed by atoms with Crippen molar-refractivity contribution in [1.29, 1.82) is 0 Å². The number of anilines is 2. The Balaban J connectivity index is 1.87. The van der Waals surface area contributed by atoms with Crippen LogP contribution in [0.5, 0.6) is 0 Å². The highest BCUT2D eigenvalue weighted by atomic mass is 16.5. The summed E-state index contributed by atoms with van der Waals surface area (Å²) in [6.07, 6.45) is 3.24. The molecule has 0 bridgehead atoms. The average molecular weight is 299 g/mol. The number of carbonyl (C=O) groups is 2. The fourth-order valence-electron chi connectivity index (χ4n) is 2.13. The largest absolute Gasteiger partial charge is 0.465 e. The molecule has 0 aliphatic rings. The number of H-pyrrole nitrogens is 2. The van der Waals surface area contributed by atoms with Gasteiger partial charge in [-0.3, -0.25) is 10.4 Å². The van der Waals surface area contributed by atoms with Gasteiger partial charge in [0.15, 0.2) is 0 Å². The second-order valence-corrected chi connectivity index (χ2v) is 4.50. The first-order valence-corrected chi connectivity index (χ1v) is 6.44. The molecule has 0 fully saturated rings. The molecule has 2 amide bonds. The Labute approximate surface area is 124 Å².